The maximum absolute atomic E-state index is 13.7. The van der Waals surface area contributed by atoms with Gasteiger partial charge in [0.05, 0.1) is 11.3 Å². The van der Waals surface area contributed by atoms with Gasteiger partial charge in [0.25, 0.3) is 0 Å². The summed E-state index contributed by atoms with van der Waals surface area (Å²) in [4.78, 5) is 28.4. The lowest BCUT2D eigenvalue weighted by molar-refractivity contribution is -0.139. The van der Waals surface area contributed by atoms with Gasteiger partial charge in [0.2, 0.25) is 15.9 Å². The highest BCUT2D eigenvalue weighted by molar-refractivity contribution is 7.89. The van der Waals surface area contributed by atoms with Crippen molar-refractivity contribution < 1.29 is 23.1 Å². The molecule has 0 radical (unpaired) electrons. The van der Waals surface area contributed by atoms with E-state index in [0.29, 0.717) is 25.3 Å². The smallest absolute Gasteiger partial charge is 0.305 e. The van der Waals surface area contributed by atoms with Gasteiger partial charge >= 0.3 is 5.97 Å². The Hall–Kier alpha value is -2.37. The molecule has 1 aliphatic heterocycles. The number of nitrogens with one attached hydrogen (secondary N) is 2. The lowest BCUT2D eigenvalue weighted by atomic mass is 9.91. The SMILES string of the molecule is Cl.N=C(N)N1CCC[C@@H](CC[C@H](NS(=O)(=O)c2ccc(C3CCCC3)cc2)C(=O)N(CCC(=O)O)C2CC2)C1. The van der Waals surface area contributed by atoms with Crippen molar-refractivity contribution in [1.29, 1.82) is 5.41 Å². The van der Waals surface area contributed by atoms with Crippen molar-refractivity contribution in [3.05, 3.63) is 29.8 Å². The van der Waals surface area contributed by atoms with E-state index in [1.165, 1.54) is 12.8 Å². The summed E-state index contributed by atoms with van der Waals surface area (Å²) in [5.41, 5.74) is 6.83. The van der Waals surface area contributed by atoms with Crippen LogP contribution in [0.25, 0.3) is 0 Å². The van der Waals surface area contributed by atoms with Gasteiger partial charge in [-0.15, -0.1) is 12.4 Å². The number of carboxylic acid groups (broad SMARTS) is 1. The summed E-state index contributed by atoms with van der Waals surface area (Å²) in [6.45, 7) is 1.40. The fraction of sp³-hybridized carbons (Fsp3) is 0.667. The number of nitrogens with two attached hydrogens (primary N) is 1. The van der Waals surface area contributed by atoms with Crippen LogP contribution in [-0.4, -0.2) is 72.9 Å². The number of piperidine rings is 1. The molecule has 3 fully saturated rings. The molecule has 2 aliphatic carbocycles. The van der Waals surface area contributed by atoms with Crippen molar-refractivity contribution in [3.63, 3.8) is 0 Å². The lowest BCUT2D eigenvalue weighted by Gasteiger charge is -2.34. The van der Waals surface area contributed by atoms with Crippen LogP contribution in [0, 0.1) is 11.3 Å². The zero-order valence-corrected chi connectivity index (χ0v) is 24.0. The molecule has 0 unspecified atom stereocenters. The molecule has 39 heavy (non-hydrogen) atoms. The second-order valence-corrected chi connectivity index (χ2v) is 12.8. The Morgan fingerprint density at radius 3 is 2.36 bits per heavy atom. The van der Waals surface area contributed by atoms with E-state index >= 15 is 0 Å². The first kappa shape index (κ1) is 31.2. The number of aliphatic carboxylic acids is 1. The number of halogens is 1. The summed E-state index contributed by atoms with van der Waals surface area (Å²) >= 11 is 0. The summed E-state index contributed by atoms with van der Waals surface area (Å²) in [5, 5.41) is 16.9. The number of hydrogen-bond acceptors (Lipinski definition) is 5. The summed E-state index contributed by atoms with van der Waals surface area (Å²) in [5.74, 6) is -0.668. The standard InChI is InChI=1S/C27H41N5O5S.ClH/c28-27(29)31-16-3-4-19(18-31)7-14-24(26(35)32(22-10-11-22)17-15-25(33)34)30-38(36,37)23-12-8-21(9-13-23)20-5-1-2-6-20;/h8-9,12-13,19-20,22,24,30H,1-7,10-11,14-18H2,(H3,28,29)(H,33,34);1H/t19-,24-;/m0./s1. The highest BCUT2D eigenvalue weighted by Crippen LogP contribution is 2.34. The van der Waals surface area contributed by atoms with Gasteiger partial charge in [0, 0.05) is 25.7 Å². The van der Waals surface area contributed by atoms with Crippen LogP contribution in [0.1, 0.15) is 82.1 Å². The predicted molar refractivity (Wildman–Crippen MR) is 151 cm³/mol. The Balaban J connectivity index is 0.00000420. The molecule has 1 aromatic carbocycles. The highest BCUT2D eigenvalue weighted by atomic mass is 35.5. The van der Waals surface area contributed by atoms with Gasteiger partial charge in [-0.3, -0.25) is 15.0 Å². The van der Waals surface area contributed by atoms with E-state index in [2.05, 4.69) is 4.72 Å². The van der Waals surface area contributed by atoms with E-state index in [1.54, 1.807) is 17.0 Å². The number of likely N-dealkylation sites (tertiary alicyclic amines) is 1. The van der Waals surface area contributed by atoms with Crippen LogP contribution in [0.2, 0.25) is 0 Å². The number of carbonyl (C=O) groups is 2. The molecular formula is C27H42ClN5O5S. The molecule has 0 spiro atoms. The van der Waals surface area contributed by atoms with Crippen LogP contribution in [0.3, 0.4) is 0 Å². The second-order valence-electron chi connectivity index (χ2n) is 11.0. The first-order valence-corrected chi connectivity index (χ1v) is 15.4. The van der Waals surface area contributed by atoms with Crippen LogP contribution in [0.15, 0.2) is 29.2 Å². The van der Waals surface area contributed by atoms with Crippen molar-refractivity contribution in [3.8, 4) is 0 Å². The summed E-state index contributed by atoms with van der Waals surface area (Å²) < 4.78 is 29.5. The topological polar surface area (TPSA) is 157 Å². The number of hydrogen-bond donors (Lipinski definition) is 4. The van der Waals surface area contributed by atoms with Gasteiger partial charge in [0.15, 0.2) is 5.96 Å². The number of carboxylic acids is 1. The number of amides is 1. The third kappa shape index (κ3) is 8.56. The number of carbonyl (C=O) groups excluding carboxylic acids is 1. The van der Waals surface area contributed by atoms with E-state index in [0.717, 1.165) is 50.6 Å². The second kappa shape index (κ2) is 13.8. The molecule has 3 aliphatic rings. The first-order valence-electron chi connectivity index (χ1n) is 13.9. The molecule has 1 aromatic rings. The number of nitrogens with zero attached hydrogens (tertiary/aromatic N) is 2. The van der Waals surface area contributed by atoms with E-state index in [9.17, 15) is 23.1 Å². The molecule has 2 saturated carbocycles. The average molecular weight is 584 g/mol. The minimum absolute atomic E-state index is 0. The molecule has 1 amide bonds. The Morgan fingerprint density at radius 1 is 1.10 bits per heavy atom. The number of guanidine groups is 1. The van der Waals surface area contributed by atoms with Crippen molar-refractivity contribution in [2.45, 2.75) is 93.5 Å². The Bertz CT molecular complexity index is 1110. The van der Waals surface area contributed by atoms with Gasteiger partial charge in [-0.05, 0) is 80.9 Å². The van der Waals surface area contributed by atoms with Crippen LogP contribution < -0.4 is 10.5 Å². The van der Waals surface area contributed by atoms with Gasteiger partial charge in [-0.2, -0.15) is 4.72 Å². The van der Waals surface area contributed by atoms with Gasteiger partial charge < -0.3 is 20.6 Å². The van der Waals surface area contributed by atoms with E-state index < -0.39 is 22.0 Å². The molecular weight excluding hydrogens is 542 g/mol. The van der Waals surface area contributed by atoms with Gasteiger partial charge in [-0.1, -0.05) is 25.0 Å². The molecule has 0 aromatic heterocycles. The monoisotopic (exact) mass is 583 g/mol. The summed E-state index contributed by atoms with van der Waals surface area (Å²) in [7, 11) is -3.97. The summed E-state index contributed by atoms with van der Waals surface area (Å²) in [6, 6.07) is 5.96. The number of sulfonamides is 1. The molecule has 2 atom stereocenters. The third-order valence-corrected chi connectivity index (χ3v) is 9.66. The quantitative estimate of drug-likeness (QED) is 0.217. The van der Waals surface area contributed by atoms with Crippen LogP contribution in [0.4, 0.5) is 0 Å². The average Bonchev–Trinajstić information content (AvgIpc) is 3.58. The predicted octanol–water partition coefficient (Wildman–Crippen LogP) is 3.26. The Morgan fingerprint density at radius 2 is 1.77 bits per heavy atom. The summed E-state index contributed by atoms with van der Waals surface area (Å²) in [6.07, 6.45) is 8.74. The third-order valence-electron chi connectivity index (χ3n) is 8.17. The van der Waals surface area contributed by atoms with Crippen LogP contribution in [0.5, 0.6) is 0 Å². The van der Waals surface area contributed by atoms with Crippen LogP contribution >= 0.6 is 12.4 Å². The molecule has 12 heteroatoms. The molecule has 5 N–H and O–H groups in total. The largest absolute Gasteiger partial charge is 0.481 e. The van der Waals surface area contributed by atoms with Crippen molar-refractivity contribution in [2.75, 3.05) is 19.6 Å². The highest BCUT2D eigenvalue weighted by Gasteiger charge is 2.38. The van der Waals surface area contributed by atoms with E-state index in [1.807, 2.05) is 17.0 Å². The fourth-order valence-electron chi connectivity index (χ4n) is 5.86. The zero-order chi connectivity index (χ0) is 27.3. The molecule has 4 rings (SSSR count). The maximum atomic E-state index is 13.7. The first-order chi connectivity index (χ1) is 18.1. The van der Waals surface area contributed by atoms with Crippen LogP contribution in [-0.2, 0) is 19.6 Å². The molecule has 10 nitrogen and oxygen atoms in total. The molecule has 218 valence electrons. The fourth-order valence-corrected chi connectivity index (χ4v) is 7.09. The number of rotatable bonds is 12. The Labute approximate surface area is 237 Å². The molecule has 0 bridgehead atoms. The zero-order valence-electron chi connectivity index (χ0n) is 22.4. The maximum Gasteiger partial charge on any atom is 0.305 e. The van der Waals surface area contributed by atoms with Gasteiger partial charge in [-0.25, -0.2) is 8.42 Å². The van der Waals surface area contributed by atoms with Crippen molar-refractivity contribution in [1.82, 2.24) is 14.5 Å². The Kier molecular flexibility index (Phi) is 11.0. The minimum Gasteiger partial charge on any atom is -0.481 e. The molecule has 1 saturated heterocycles. The van der Waals surface area contributed by atoms with Crippen molar-refractivity contribution in [2.24, 2.45) is 11.7 Å². The number of benzene rings is 1. The van der Waals surface area contributed by atoms with E-state index in [-0.39, 0.29) is 54.1 Å². The normalized spacial score (nSPS) is 20.7. The van der Waals surface area contributed by atoms with E-state index in [4.69, 9.17) is 11.1 Å². The molecule has 1 heterocycles. The van der Waals surface area contributed by atoms with Gasteiger partial charge in [0.1, 0.15) is 6.04 Å². The minimum atomic E-state index is -3.97. The van der Waals surface area contributed by atoms with Crippen molar-refractivity contribution >= 4 is 40.3 Å². The lowest BCUT2D eigenvalue weighted by Crippen LogP contribution is -2.50.